The van der Waals surface area contributed by atoms with E-state index in [-0.39, 0.29) is 0 Å². The zero-order valence-corrected chi connectivity index (χ0v) is 8.27. The smallest absolute Gasteiger partial charge is 0.216 e. The first kappa shape index (κ1) is 12.1. The maximum atomic E-state index is 10.9. The predicted molar refractivity (Wildman–Crippen MR) is 51.9 cm³/mol. The number of hydrogen-bond donors (Lipinski definition) is 0. The molecule has 0 aromatic heterocycles. The van der Waals surface area contributed by atoms with Crippen LogP contribution < -0.4 is 0 Å². The van der Waals surface area contributed by atoms with E-state index in [0.717, 1.165) is 9.93 Å². The van der Waals surface area contributed by atoms with E-state index in [1.54, 1.807) is 13.1 Å². The van der Waals surface area contributed by atoms with E-state index in [4.69, 9.17) is 0 Å². The van der Waals surface area contributed by atoms with Crippen LogP contribution in [0.15, 0.2) is 12.7 Å². The Morgan fingerprint density at radius 2 is 2.15 bits per heavy atom. The summed E-state index contributed by atoms with van der Waals surface area (Å²) in [6.45, 7) is 4.83. The van der Waals surface area contributed by atoms with Gasteiger partial charge in [0.05, 0.1) is 18.5 Å². The van der Waals surface area contributed by atoms with Crippen LogP contribution in [0.3, 0.4) is 0 Å². The van der Waals surface area contributed by atoms with Crippen LogP contribution in [-0.2, 0) is 0 Å². The van der Waals surface area contributed by atoms with Gasteiger partial charge in [-0.05, 0) is 13.0 Å². The summed E-state index contributed by atoms with van der Waals surface area (Å²) in [6, 6.07) is 0. The van der Waals surface area contributed by atoms with Gasteiger partial charge in [-0.3, -0.25) is 0 Å². The van der Waals surface area contributed by atoms with E-state index in [1.807, 2.05) is 0 Å². The van der Waals surface area contributed by atoms with Gasteiger partial charge in [-0.15, -0.1) is 11.6 Å². The number of hydrazine groups is 1. The van der Waals surface area contributed by atoms with Gasteiger partial charge in [0.15, 0.2) is 0 Å². The minimum absolute atomic E-state index is 0.344. The molecule has 0 heterocycles. The molecule has 0 amide bonds. The van der Waals surface area contributed by atoms with E-state index in [0.29, 0.717) is 26.1 Å². The van der Waals surface area contributed by atoms with Gasteiger partial charge in [0.25, 0.3) is 0 Å². The van der Waals surface area contributed by atoms with Gasteiger partial charge in [0.1, 0.15) is 4.87 Å². The van der Waals surface area contributed by atoms with Crippen LogP contribution in [0.5, 0.6) is 0 Å². The lowest BCUT2D eigenvalue weighted by Crippen LogP contribution is -2.29. The highest BCUT2D eigenvalue weighted by Gasteiger charge is 2.06. The maximum Gasteiger partial charge on any atom is 0.216 e. The first-order chi connectivity index (χ1) is 6.07. The van der Waals surface area contributed by atoms with E-state index < -0.39 is 0 Å². The first-order valence-electron chi connectivity index (χ1n) is 4.22. The van der Waals surface area contributed by atoms with Gasteiger partial charge in [-0.2, -0.15) is 0 Å². The van der Waals surface area contributed by atoms with Crippen molar-refractivity contribution in [2.45, 2.75) is 6.42 Å². The standard InChI is InChI=1S/C8H17N3O2/c1-4-6-11(13)8-5-7-9(2)10(3)12/h4H,1,5-8H2,2-3H3. The summed E-state index contributed by atoms with van der Waals surface area (Å²) >= 11 is 0. The number of rotatable bonds is 7. The number of nitrogens with zero attached hydrogens (tertiary/aromatic N) is 3. The molecule has 0 aliphatic rings. The molecule has 0 aliphatic heterocycles. The van der Waals surface area contributed by atoms with Crippen LogP contribution in [0, 0.1) is 10.1 Å². The zero-order chi connectivity index (χ0) is 10.3. The molecule has 0 aromatic rings. The Balaban J connectivity index is 3.44. The Bertz CT molecular complexity index is 173. The molecule has 0 N–H and O–H groups in total. The van der Waals surface area contributed by atoms with Crippen LogP contribution in [0.4, 0.5) is 0 Å². The molecule has 13 heavy (non-hydrogen) atoms. The molecule has 0 saturated heterocycles. The highest BCUT2D eigenvalue weighted by atomic mass is 16.5. The molecule has 0 aromatic carbocycles. The van der Waals surface area contributed by atoms with Crippen molar-refractivity contribution in [1.82, 2.24) is 10.1 Å². The van der Waals surface area contributed by atoms with E-state index >= 15 is 0 Å². The van der Waals surface area contributed by atoms with Crippen LogP contribution in [-0.4, -0.2) is 48.7 Å². The molecule has 76 valence electrons. The third kappa shape index (κ3) is 6.24. The monoisotopic (exact) mass is 187 g/mol. The fraction of sp³-hybridized carbons (Fsp3) is 0.750. The van der Waals surface area contributed by atoms with Crippen LogP contribution in [0.2, 0.25) is 0 Å². The van der Waals surface area contributed by atoms with Crippen molar-refractivity contribution in [2.75, 3.05) is 33.7 Å². The second kappa shape index (κ2) is 6.56. The first-order valence-corrected chi connectivity index (χ1v) is 4.22. The van der Waals surface area contributed by atoms with Crippen molar-refractivity contribution in [2.24, 2.45) is 0 Å². The minimum atomic E-state index is 0.344. The third-order valence-corrected chi connectivity index (χ3v) is 1.70. The third-order valence-electron chi connectivity index (χ3n) is 1.70. The molecule has 0 unspecified atom stereocenters. The number of hydrogen-bond acceptors (Lipinski definition) is 3. The highest BCUT2D eigenvalue weighted by molar-refractivity contribution is 4.73. The molecular weight excluding hydrogens is 170 g/mol. The summed E-state index contributed by atoms with van der Waals surface area (Å²) < 4.78 is 0. The fourth-order valence-electron chi connectivity index (χ4n) is 0.852. The summed E-state index contributed by atoms with van der Waals surface area (Å²) in [4.78, 5) is 11.4. The van der Waals surface area contributed by atoms with Crippen LogP contribution >= 0.6 is 0 Å². The lowest BCUT2D eigenvalue weighted by molar-refractivity contribution is -0.679. The fourth-order valence-corrected chi connectivity index (χ4v) is 0.852. The van der Waals surface area contributed by atoms with Crippen molar-refractivity contribution < 1.29 is 4.87 Å². The predicted octanol–water partition coefficient (Wildman–Crippen LogP) is 0.618. The summed E-state index contributed by atoms with van der Waals surface area (Å²) in [6.07, 6.45) is 2.25. The Hall–Kier alpha value is -0.940. The average molecular weight is 187 g/mol. The van der Waals surface area contributed by atoms with E-state index in [2.05, 4.69) is 6.58 Å². The van der Waals surface area contributed by atoms with E-state index in [1.165, 1.54) is 12.1 Å². The molecule has 5 heteroatoms. The SMILES string of the molecule is C=CCN([O-])CCCN(C)[N+](C)=O. The normalized spacial score (nSPS) is 10.2. The molecule has 0 rings (SSSR count). The molecule has 0 bridgehead atoms. The van der Waals surface area contributed by atoms with Crippen molar-refractivity contribution in [3.8, 4) is 0 Å². The molecule has 0 saturated carbocycles. The van der Waals surface area contributed by atoms with Crippen molar-refractivity contribution >= 4 is 0 Å². The van der Waals surface area contributed by atoms with Gasteiger partial charge in [0, 0.05) is 6.54 Å². The van der Waals surface area contributed by atoms with Crippen molar-refractivity contribution in [3.05, 3.63) is 22.8 Å². The maximum absolute atomic E-state index is 10.9. The molecule has 0 radical (unpaired) electrons. The van der Waals surface area contributed by atoms with Gasteiger partial charge < -0.3 is 10.3 Å². The minimum Gasteiger partial charge on any atom is -0.785 e. The lowest BCUT2D eigenvalue weighted by Gasteiger charge is -2.26. The lowest BCUT2D eigenvalue weighted by atomic mass is 10.4. The Labute approximate surface area is 78.7 Å². The molecule has 0 fully saturated rings. The average Bonchev–Trinajstić information content (AvgIpc) is 2.04. The van der Waals surface area contributed by atoms with Gasteiger partial charge in [-0.1, -0.05) is 6.08 Å². The Kier molecular flexibility index (Phi) is 6.09. The topological polar surface area (TPSA) is 49.6 Å². The van der Waals surface area contributed by atoms with Gasteiger partial charge in [0.2, 0.25) is 7.05 Å². The highest BCUT2D eigenvalue weighted by Crippen LogP contribution is 1.91. The summed E-state index contributed by atoms with van der Waals surface area (Å²) in [5, 5.41) is 13.4. The van der Waals surface area contributed by atoms with Crippen molar-refractivity contribution in [3.63, 3.8) is 0 Å². The Morgan fingerprint density at radius 3 is 2.62 bits per heavy atom. The number of nitroso groups, excluding NO2 is 1. The molecule has 0 spiro atoms. The quantitative estimate of drug-likeness (QED) is 0.333. The molecular formula is C8H17N3O2. The van der Waals surface area contributed by atoms with Crippen LogP contribution in [0.1, 0.15) is 6.42 Å². The number of hydroxylamine groups is 2. The van der Waals surface area contributed by atoms with Gasteiger partial charge in [-0.25, -0.2) is 0 Å². The summed E-state index contributed by atoms with van der Waals surface area (Å²) in [5.74, 6) is 0. The second-order valence-corrected chi connectivity index (χ2v) is 2.88. The molecule has 0 atom stereocenters. The van der Waals surface area contributed by atoms with E-state index in [9.17, 15) is 10.1 Å². The summed E-state index contributed by atoms with van der Waals surface area (Å²) in [7, 11) is 3.12. The summed E-state index contributed by atoms with van der Waals surface area (Å²) in [5.41, 5.74) is 0. The Morgan fingerprint density at radius 1 is 1.54 bits per heavy atom. The molecule has 0 aliphatic carbocycles. The van der Waals surface area contributed by atoms with Crippen LogP contribution in [0.25, 0.3) is 0 Å². The van der Waals surface area contributed by atoms with Gasteiger partial charge >= 0.3 is 0 Å². The zero-order valence-electron chi connectivity index (χ0n) is 8.27. The second-order valence-electron chi connectivity index (χ2n) is 2.88. The molecule has 5 nitrogen and oxygen atoms in total. The van der Waals surface area contributed by atoms with Crippen molar-refractivity contribution in [1.29, 1.82) is 0 Å². The largest absolute Gasteiger partial charge is 0.785 e.